The molecule has 0 aromatic carbocycles. The summed E-state index contributed by atoms with van der Waals surface area (Å²) in [6.45, 7) is 22.7. The third-order valence-electron chi connectivity index (χ3n) is 8.58. The lowest BCUT2D eigenvalue weighted by Crippen LogP contribution is -2.64. The molecule has 38 heavy (non-hydrogen) atoms. The first-order valence-corrected chi connectivity index (χ1v) is 20.3. The van der Waals surface area contributed by atoms with E-state index in [0.717, 1.165) is 0 Å². The smallest absolute Gasteiger partial charge is 0.336 e. The second-order valence-corrected chi connectivity index (χ2v) is 24.5. The van der Waals surface area contributed by atoms with Crippen molar-refractivity contribution in [1.29, 1.82) is 0 Å². The van der Waals surface area contributed by atoms with E-state index in [1.165, 1.54) is 16.8 Å². The van der Waals surface area contributed by atoms with E-state index in [9.17, 15) is 18.0 Å². The van der Waals surface area contributed by atoms with Gasteiger partial charge in [-0.2, -0.15) is 13.1 Å². The molecule has 3 heterocycles. The van der Waals surface area contributed by atoms with Gasteiger partial charge in [0.1, 0.15) is 17.8 Å². The van der Waals surface area contributed by atoms with Crippen LogP contribution in [-0.4, -0.2) is 65.1 Å². The first kappa shape index (κ1) is 31.4. The molecule has 1 aromatic heterocycles. The summed E-state index contributed by atoms with van der Waals surface area (Å²) in [5, 5.41) is -0.332. The van der Waals surface area contributed by atoms with E-state index in [-0.39, 0.29) is 23.1 Å². The molecule has 14 heteroatoms. The highest BCUT2D eigenvalue weighted by Gasteiger charge is 2.65. The van der Waals surface area contributed by atoms with E-state index in [2.05, 4.69) is 64.3 Å². The number of rotatable bonds is 6. The molecule has 0 radical (unpaired) electrons. The maximum atomic E-state index is 13.0. The molecule has 11 nitrogen and oxygen atoms in total. The zero-order valence-electron chi connectivity index (χ0n) is 24.5. The van der Waals surface area contributed by atoms with E-state index in [1.807, 2.05) is 13.1 Å². The molecule has 0 aliphatic carbocycles. The third kappa shape index (κ3) is 6.11. The van der Waals surface area contributed by atoms with Gasteiger partial charge in [-0.15, -0.1) is 0 Å². The minimum absolute atomic E-state index is 0.0602. The summed E-state index contributed by atoms with van der Waals surface area (Å²) in [6, 6.07) is 0.743. The first-order chi connectivity index (χ1) is 17.0. The van der Waals surface area contributed by atoms with Gasteiger partial charge in [0.2, 0.25) is 0 Å². The number of hydrogen-bond acceptors (Lipinski definition) is 8. The predicted molar refractivity (Wildman–Crippen MR) is 150 cm³/mol. The molecule has 0 amide bonds. The van der Waals surface area contributed by atoms with Gasteiger partial charge in [-0.05, 0) is 49.6 Å². The van der Waals surface area contributed by atoms with Crippen LogP contribution in [0.25, 0.3) is 0 Å². The van der Waals surface area contributed by atoms with Gasteiger partial charge < -0.3 is 13.6 Å². The minimum Gasteiger partial charge on any atom is -0.414 e. The van der Waals surface area contributed by atoms with Gasteiger partial charge in [-0.3, -0.25) is 14.3 Å². The van der Waals surface area contributed by atoms with E-state index in [0.29, 0.717) is 0 Å². The molecule has 2 saturated heterocycles. The fourth-order valence-electron chi connectivity index (χ4n) is 4.33. The van der Waals surface area contributed by atoms with E-state index in [1.54, 1.807) is 6.92 Å². The summed E-state index contributed by atoms with van der Waals surface area (Å²) in [5.41, 5.74) is -2.70. The fraction of sp³-hybridized carbons (Fsp3) is 0.833. The molecule has 2 N–H and O–H groups in total. The molecule has 2 aliphatic rings. The molecule has 218 valence electrons. The summed E-state index contributed by atoms with van der Waals surface area (Å²) in [7, 11) is -9.01. The molecule has 0 saturated carbocycles. The van der Waals surface area contributed by atoms with Crippen LogP contribution in [0, 0.1) is 0 Å². The fourth-order valence-corrected chi connectivity index (χ4v) is 7.94. The second-order valence-electron chi connectivity index (χ2n) is 13.6. The maximum absolute atomic E-state index is 13.0. The van der Waals surface area contributed by atoms with Gasteiger partial charge in [0.25, 0.3) is 5.56 Å². The van der Waals surface area contributed by atoms with Crippen molar-refractivity contribution < 1.29 is 26.2 Å². The van der Waals surface area contributed by atoms with Gasteiger partial charge in [-0.1, -0.05) is 41.5 Å². The van der Waals surface area contributed by atoms with Crippen molar-refractivity contribution in [2.24, 2.45) is 0 Å². The molecule has 0 bridgehead atoms. The topological polar surface area (TPSA) is 138 Å². The van der Waals surface area contributed by atoms with E-state index in [4.69, 9.17) is 17.8 Å². The average molecular weight is 592 g/mol. The largest absolute Gasteiger partial charge is 0.414 e. The van der Waals surface area contributed by atoms with Crippen molar-refractivity contribution in [3.63, 3.8) is 0 Å². The Bertz CT molecular complexity index is 1250. The monoisotopic (exact) mass is 591 g/mol. The van der Waals surface area contributed by atoms with Crippen LogP contribution in [0.3, 0.4) is 0 Å². The molecule has 2 fully saturated rings. The first-order valence-electron chi connectivity index (χ1n) is 13.0. The standard InChI is InChI=1S/C24H45N3O8SSi2/c1-16-14-24(35-36(30,31)26-16)17(15-32-37(8,9)22(2,3)4)33-20(27-13-12-18(28)25-21(27)29)19(24)34-38(10,11)23(5,6)7/h12-13,16-17,19-20,26H,14-15H2,1-11H3,(H,25,28,29)/t16-,17+,19-,20+,24-/m0/s1. The summed E-state index contributed by atoms with van der Waals surface area (Å²) in [5.74, 6) is 0. The number of ether oxygens (including phenoxy) is 1. The van der Waals surface area contributed by atoms with Crippen LogP contribution >= 0.6 is 0 Å². The van der Waals surface area contributed by atoms with Crippen molar-refractivity contribution in [2.45, 2.75) is 121 Å². The summed E-state index contributed by atoms with van der Waals surface area (Å²) in [4.78, 5) is 27.0. The van der Waals surface area contributed by atoms with E-state index < -0.39 is 68.3 Å². The highest BCUT2D eigenvalue weighted by molar-refractivity contribution is 7.84. The lowest BCUT2D eigenvalue weighted by molar-refractivity contribution is -0.0839. The van der Waals surface area contributed by atoms with Crippen LogP contribution in [-0.2, 0) is 28.1 Å². The number of H-pyrrole nitrogens is 1. The second kappa shape index (κ2) is 10.0. The molecule has 1 spiro atoms. The van der Waals surface area contributed by atoms with Crippen LogP contribution in [0.15, 0.2) is 21.9 Å². The van der Waals surface area contributed by atoms with Gasteiger partial charge in [-0.25, -0.2) is 8.98 Å². The Morgan fingerprint density at radius 2 is 1.66 bits per heavy atom. The van der Waals surface area contributed by atoms with Gasteiger partial charge in [0.05, 0.1) is 6.61 Å². The highest BCUT2D eigenvalue weighted by Crippen LogP contribution is 2.50. The Morgan fingerprint density at radius 1 is 1.08 bits per heavy atom. The Morgan fingerprint density at radius 3 is 2.16 bits per heavy atom. The summed E-state index contributed by atoms with van der Waals surface area (Å²) < 4.78 is 55.6. The zero-order valence-corrected chi connectivity index (χ0v) is 27.3. The van der Waals surface area contributed by atoms with Crippen LogP contribution in [0.4, 0.5) is 0 Å². The van der Waals surface area contributed by atoms with Crippen molar-refractivity contribution in [3.05, 3.63) is 33.1 Å². The van der Waals surface area contributed by atoms with Crippen molar-refractivity contribution in [2.75, 3.05) is 6.61 Å². The van der Waals surface area contributed by atoms with Crippen molar-refractivity contribution >= 4 is 26.9 Å². The highest BCUT2D eigenvalue weighted by atomic mass is 32.2. The maximum Gasteiger partial charge on any atom is 0.336 e. The van der Waals surface area contributed by atoms with E-state index >= 15 is 0 Å². The number of aromatic amines is 1. The normalized spacial score (nSPS) is 30.6. The molecule has 1 aromatic rings. The van der Waals surface area contributed by atoms with Crippen LogP contribution in [0.5, 0.6) is 0 Å². The Balaban J connectivity index is 2.21. The molecule has 5 atom stereocenters. The number of nitrogens with one attached hydrogen (secondary N) is 2. The zero-order chi connectivity index (χ0) is 29.1. The van der Waals surface area contributed by atoms with Crippen molar-refractivity contribution in [3.8, 4) is 0 Å². The van der Waals surface area contributed by atoms with Crippen molar-refractivity contribution in [1.82, 2.24) is 14.3 Å². The SMILES string of the molecule is C[C@H]1C[C@]2(OS(=O)(=O)N1)[C@@H](CO[Si](C)(C)C(C)(C)C)O[C@@H](n1ccc(=O)[nH]c1=O)[C@@H]2O[Si](C)(C)C(C)(C)C. The third-order valence-corrected chi connectivity index (χ3v) is 18.8. The number of hydrogen-bond donors (Lipinski definition) is 2. The van der Waals surface area contributed by atoms with Crippen LogP contribution in [0.2, 0.25) is 36.3 Å². The lowest BCUT2D eigenvalue weighted by Gasteiger charge is -2.47. The van der Waals surface area contributed by atoms with Crippen LogP contribution in [0.1, 0.15) is 61.1 Å². The van der Waals surface area contributed by atoms with Crippen LogP contribution < -0.4 is 16.0 Å². The summed E-state index contributed by atoms with van der Waals surface area (Å²) in [6.07, 6.45) is -1.31. The average Bonchev–Trinajstić information content (AvgIpc) is 2.95. The number of nitrogens with zero attached hydrogens (tertiary/aromatic N) is 1. The number of aromatic nitrogens is 2. The quantitative estimate of drug-likeness (QED) is 0.481. The minimum atomic E-state index is -4.17. The lowest BCUT2D eigenvalue weighted by atomic mass is 9.86. The molecule has 3 rings (SSSR count). The predicted octanol–water partition coefficient (Wildman–Crippen LogP) is 3.23. The Hall–Kier alpha value is -1.14. The molecular formula is C24H45N3O8SSi2. The van der Waals surface area contributed by atoms with Gasteiger partial charge in [0.15, 0.2) is 22.9 Å². The van der Waals surface area contributed by atoms with Gasteiger partial charge in [0, 0.05) is 18.3 Å². The summed E-state index contributed by atoms with van der Waals surface area (Å²) >= 11 is 0. The molecule has 2 aliphatic heterocycles. The molecular weight excluding hydrogens is 547 g/mol. The Labute approximate surface area is 228 Å². The molecule has 0 unspecified atom stereocenters. The Kier molecular flexibility index (Phi) is 8.30. The van der Waals surface area contributed by atoms with Gasteiger partial charge >= 0.3 is 16.0 Å².